The molecule has 0 aromatic heterocycles. The Morgan fingerprint density at radius 1 is 1.03 bits per heavy atom. The van der Waals surface area contributed by atoms with Gasteiger partial charge in [-0.1, -0.05) is 45.1 Å². The lowest BCUT2D eigenvalue weighted by atomic mass is 9.63. The van der Waals surface area contributed by atoms with Crippen molar-refractivity contribution < 1.29 is 19.1 Å². The summed E-state index contributed by atoms with van der Waals surface area (Å²) < 4.78 is 5.43. The summed E-state index contributed by atoms with van der Waals surface area (Å²) in [7, 11) is 0. The van der Waals surface area contributed by atoms with Crippen molar-refractivity contribution in [1.82, 2.24) is 4.90 Å². The van der Waals surface area contributed by atoms with E-state index in [-0.39, 0.29) is 47.4 Å². The van der Waals surface area contributed by atoms with Gasteiger partial charge in [-0.05, 0) is 59.6 Å². The molecular formula is C24H27NO4. The molecule has 6 atom stereocenters. The van der Waals surface area contributed by atoms with Crippen LogP contribution >= 0.6 is 0 Å². The number of hydrogen-bond donors (Lipinski definition) is 0. The van der Waals surface area contributed by atoms with Crippen LogP contribution < -0.4 is 4.74 Å². The third kappa shape index (κ3) is 2.77. The molecular weight excluding hydrogens is 366 g/mol. The molecule has 2 saturated carbocycles. The number of likely N-dealkylation sites (tertiary alicyclic amines) is 1. The molecule has 6 rings (SSSR count). The van der Waals surface area contributed by atoms with Gasteiger partial charge < -0.3 is 4.74 Å². The highest BCUT2D eigenvalue weighted by atomic mass is 16.5. The molecule has 0 N–H and O–H groups in total. The van der Waals surface area contributed by atoms with Gasteiger partial charge in [-0.2, -0.15) is 0 Å². The molecule has 2 amide bonds. The average Bonchev–Trinajstić information content (AvgIpc) is 3.49. The van der Waals surface area contributed by atoms with Crippen LogP contribution in [0.2, 0.25) is 0 Å². The van der Waals surface area contributed by atoms with Gasteiger partial charge in [0.2, 0.25) is 11.8 Å². The molecule has 5 nitrogen and oxygen atoms in total. The van der Waals surface area contributed by atoms with Crippen molar-refractivity contribution in [3.63, 3.8) is 0 Å². The molecule has 29 heavy (non-hydrogen) atoms. The van der Waals surface area contributed by atoms with Gasteiger partial charge in [-0.25, -0.2) is 4.79 Å². The first-order valence-electron chi connectivity index (χ1n) is 10.7. The molecule has 4 aliphatic carbocycles. The van der Waals surface area contributed by atoms with Crippen molar-refractivity contribution >= 4 is 17.8 Å². The number of amides is 2. The molecule has 1 heterocycles. The van der Waals surface area contributed by atoms with E-state index in [4.69, 9.17) is 4.74 Å². The van der Waals surface area contributed by atoms with Gasteiger partial charge in [0.1, 0.15) is 12.3 Å². The lowest BCUT2D eigenvalue weighted by Gasteiger charge is -2.37. The largest absolute Gasteiger partial charge is 0.425 e. The highest BCUT2D eigenvalue weighted by molar-refractivity contribution is 6.08. The summed E-state index contributed by atoms with van der Waals surface area (Å²) >= 11 is 0. The van der Waals surface area contributed by atoms with Crippen LogP contribution in [0.5, 0.6) is 5.75 Å². The van der Waals surface area contributed by atoms with Crippen molar-refractivity contribution in [3.8, 4) is 5.75 Å². The Balaban J connectivity index is 1.26. The number of hydrogen-bond acceptors (Lipinski definition) is 4. The minimum absolute atomic E-state index is 0.0569. The standard InChI is InChI=1S/C24H27NO4/c1-4-24(2,3)13-5-7-14(8-6-13)29-19(26)12-25-22(27)20-15-9-10-16(18-11-17(15)18)21(20)23(25)28/h5-10,15-18,20-21H,4,11-12H2,1-3H3/t15-,16+,17+,18-,20-,21+. The molecule has 1 aromatic rings. The van der Waals surface area contributed by atoms with Crippen molar-refractivity contribution in [1.29, 1.82) is 0 Å². The smallest absolute Gasteiger partial charge is 0.331 e. The highest BCUT2D eigenvalue weighted by Gasteiger charge is 2.67. The maximum Gasteiger partial charge on any atom is 0.331 e. The second kappa shape index (κ2) is 6.28. The zero-order valence-corrected chi connectivity index (χ0v) is 17.1. The quantitative estimate of drug-likeness (QED) is 0.333. The average molecular weight is 393 g/mol. The number of carbonyl (C=O) groups is 3. The van der Waals surface area contributed by atoms with Crippen LogP contribution in [0.25, 0.3) is 0 Å². The van der Waals surface area contributed by atoms with Crippen LogP contribution in [-0.2, 0) is 19.8 Å². The minimum atomic E-state index is -0.571. The third-order valence-corrected chi connectivity index (χ3v) is 7.79. The van der Waals surface area contributed by atoms with E-state index >= 15 is 0 Å². The van der Waals surface area contributed by atoms with E-state index < -0.39 is 5.97 Å². The molecule has 1 aliphatic heterocycles. The SMILES string of the molecule is CCC(C)(C)c1ccc(OC(=O)CN2C(=O)[C@@H]3[C@@H]4C=C[C@@H]([C@H]5C[C@@H]45)[C@@H]3C2=O)cc1. The van der Waals surface area contributed by atoms with Gasteiger partial charge in [0.15, 0.2) is 0 Å². The molecule has 3 fully saturated rings. The van der Waals surface area contributed by atoms with E-state index in [1.165, 1.54) is 5.56 Å². The van der Waals surface area contributed by atoms with Crippen LogP contribution in [0.1, 0.15) is 39.2 Å². The normalized spacial score (nSPS) is 34.2. The molecule has 0 radical (unpaired) electrons. The minimum Gasteiger partial charge on any atom is -0.425 e. The van der Waals surface area contributed by atoms with E-state index in [0.717, 1.165) is 17.7 Å². The number of benzene rings is 1. The Kier molecular flexibility index (Phi) is 4.03. The first-order chi connectivity index (χ1) is 13.8. The third-order valence-electron chi connectivity index (χ3n) is 7.79. The van der Waals surface area contributed by atoms with E-state index in [1.807, 2.05) is 12.1 Å². The fraction of sp³-hybridized carbons (Fsp3) is 0.542. The predicted octanol–water partition coefficient (Wildman–Crippen LogP) is 3.33. The first kappa shape index (κ1) is 18.6. The molecule has 0 spiro atoms. The predicted molar refractivity (Wildman–Crippen MR) is 107 cm³/mol. The Morgan fingerprint density at radius 3 is 2.10 bits per heavy atom. The van der Waals surface area contributed by atoms with E-state index in [1.54, 1.807) is 12.1 Å². The first-order valence-corrected chi connectivity index (χ1v) is 10.7. The lowest BCUT2D eigenvalue weighted by molar-refractivity contribution is -0.148. The molecule has 152 valence electrons. The van der Waals surface area contributed by atoms with Gasteiger partial charge in [-0.15, -0.1) is 0 Å². The number of rotatable bonds is 5. The highest BCUT2D eigenvalue weighted by Crippen LogP contribution is 2.65. The number of allylic oxidation sites excluding steroid dienone is 2. The summed E-state index contributed by atoms with van der Waals surface area (Å²) in [6.07, 6.45) is 6.40. The Labute approximate surface area is 171 Å². The van der Waals surface area contributed by atoms with Crippen molar-refractivity contribution in [2.24, 2.45) is 35.5 Å². The summed E-state index contributed by atoms with van der Waals surface area (Å²) in [5.41, 5.74) is 1.23. The monoisotopic (exact) mass is 393 g/mol. The number of carbonyl (C=O) groups excluding carboxylic acids is 3. The Hall–Kier alpha value is -2.43. The van der Waals surface area contributed by atoms with Crippen LogP contribution in [0.4, 0.5) is 0 Å². The Bertz CT molecular complexity index is 879. The van der Waals surface area contributed by atoms with E-state index in [2.05, 4.69) is 32.9 Å². The summed E-state index contributed by atoms with van der Waals surface area (Å²) in [6.45, 7) is 6.18. The Morgan fingerprint density at radius 2 is 1.59 bits per heavy atom. The van der Waals surface area contributed by atoms with Crippen LogP contribution in [0.3, 0.4) is 0 Å². The summed E-state index contributed by atoms with van der Waals surface area (Å²) in [4.78, 5) is 39.5. The van der Waals surface area contributed by atoms with Gasteiger partial charge >= 0.3 is 5.97 Å². The summed E-state index contributed by atoms with van der Waals surface area (Å²) in [6, 6.07) is 7.47. The number of nitrogens with zero attached hydrogens (tertiary/aromatic N) is 1. The lowest BCUT2D eigenvalue weighted by Crippen LogP contribution is -2.40. The van der Waals surface area contributed by atoms with Crippen LogP contribution in [0, 0.1) is 35.5 Å². The molecule has 5 aliphatic rings. The molecule has 1 aromatic carbocycles. The number of ether oxygens (including phenoxy) is 1. The maximum absolute atomic E-state index is 12.9. The topological polar surface area (TPSA) is 63.7 Å². The fourth-order valence-electron chi connectivity index (χ4n) is 5.65. The number of imide groups is 1. The summed E-state index contributed by atoms with van der Waals surface area (Å²) in [5, 5.41) is 0. The van der Waals surface area contributed by atoms with Gasteiger partial charge in [0.05, 0.1) is 11.8 Å². The molecule has 5 heteroatoms. The van der Waals surface area contributed by atoms with Crippen LogP contribution in [-0.4, -0.2) is 29.2 Å². The van der Waals surface area contributed by atoms with E-state index in [9.17, 15) is 14.4 Å². The molecule has 0 unspecified atom stereocenters. The second-order valence-electron chi connectivity index (χ2n) is 9.65. The van der Waals surface area contributed by atoms with E-state index in [0.29, 0.717) is 17.6 Å². The zero-order chi connectivity index (χ0) is 20.5. The fourth-order valence-corrected chi connectivity index (χ4v) is 5.65. The molecule has 1 saturated heterocycles. The van der Waals surface area contributed by atoms with Crippen molar-refractivity contribution in [2.75, 3.05) is 6.54 Å². The zero-order valence-electron chi connectivity index (χ0n) is 17.1. The van der Waals surface area contributed by atoms with Gasteiger partial charge in [-0.3, -0.25) is 14.5 Å². The van der Waals surface area contributed by atoms with Crippen LogP contribution in [0.15, 0.2) is 36.4 Å². The van der Waals surface area contributed by atoms with Crippen molar-refractivity contribution in [2.45, 2.75) is 39.0 Å². The van der Waals surface area contributed by atoms with Gasteiger partial charge in [0.25, 0.3) is 0 Å². The molecule has 2 bridgehead atoms. The van der Waals surface area contributed by atoms with Gasteiger partial charge in [0, 0.05) is 0 Å². The summed E-state index contributed by atoms with van der Waals surface area (Å²) in [5.74, 6) is 0.381. The second-order valence-corrected chi connectivity index (χ2v) is 9.65. The number of esters is 1. The van der Waals surface area contributed by atoms with Crippen molar-refractivity contribution in [3.05, 3.63) is 42.0 Å². The maximum atomic E-state index is 12.9.